The first-order valence-corrected chi connectivity index (χ1v) is 14.6. The number of carboxylic acid groups (broad SMARTS) is 1. The highest BCUT2D eigenvalue weighted by Gasteiger charge is 2.24. The van der Waals surface area contributed by atoms with E-state index in [1.165, 1.54) is 23.1 Å². The number of rotatable bonds is 9. The molecule has 0 bridgehead atoms. The van der Waals surface area contributed by atoms with Crippen molar-refractivity contribution in [3.05, 3.63) is 70.8 Å². The molecule has 0 saturated heterocycles. The minimum Gasteiger partial charge on any atom is -0.480 e. The summed E-state index contributed by atoms with van der Waals surface area (Å²) in [6, 6.07) is 15.7. The van der Waals surface area contributed by atoms with Crippen LogP contribution in [-0.2, 0) is 22.4 Å². The van der Waals surface area contributed by atoms with Gasteiger partial charge in [0.05, 0.1) is 0 Å². The van der Waals surface area contributed by atoms with E-state index < -0.39 is 23.7 Å². The van der Waals surface area contributed by atoms with Crippen LogP contribution in [0.1, 0.15) is 124 Å². The fraction of sp³-hybridized carbons (Fsp3) is 0.600. The number of carboxylic acids is 1. The molecule has 2 aromatic carbocycles. The lowest BCUT2D eigenvalue weighted by atomic mass is 9.99. The summed E-state index contributed by atoms with van der Waals surface area (Å²) in [4.78, 5) is 23.0. The normalized spacial score (nSPS) is 12.3. The van der Waals surface area contributed by atoms with Crippen molar-refractivity contribution in [1.82, 2.24) is 5.32 Å². The third-order valence-corrected chi connectivity index (χ3v) is 6.10. The zero-order valence-corrected chi connectivity index (χ0v) is 26.9. The molecule has 41 heavy (non-hydrogen) atoms. The van der Waals surface area contributed by atoms with Crippen molar-refractivity contribution < 1.29 is 19.4 Å². The quantitative estimate of drug-likeness (QED) is 0.279. The number of carbonyl (C=O) groups is 2. The molecule has 6 heteroatoms. The van der Waals surface area contributed by atoms with Crippen molar-refractivity contribution in [2.75, 3.05) is 0 Å². The summed E-state index contributed by atoms with van der Waals surface area (Å²) in [6.07, 6.45) is 1.77. The van der Waals surface area contributed by atoms with Gasteiger partial charge in [0.1, 0.15) is 11.6 Å². The molecule has 4 N–H and O–H groups in total. The number of nitrogens with two attached hydrogens (primary N) is 1. The van der Waals surface area contributed by atoms with E-state index in [4.69, 9.17) is 10.5 Å². The number of amides is 1. The van der Waals surface area contributed by atoms with Gasteiger partial charge in [0, 0.05) is 12.5 Å². The Morgan fingerprint density at radius 1 is 0.805 bits per heavy atom. The van der Waals surface area contributed by atoms with Crippen molar-refractivity contribution >= 4 is 12.1 Å². The minimum atomic E-state index is -1.08. The van der Waals surface area contributed by atoms with Crippen LogP contribution < -0.4 is 11.1 Å². The molecule has 0 fully saturated rings. The summed E-state index contributed by atoms with van der Waals surface area (Å²) in [5.41, 5.74) is 9.84. The zero-order chi connectivity index (χ0) is 31.0. The second kappa shape index (κ2) is 20.1. The topological polar surface area (TPSA) is 102 Å². The Labute approximate surface area is 251 Å². The lowest BCUT2D eigenvalue weighted by Gasteiger charge is -2.22. The Bertz CT molecular complexity index is 973. The first kappa shape index (κ1) is 40.3. The second-order valence-corrected chi connectivity index (χ2v) is 12.5. The Morgan fingerprint density at radius 2 is 1.17 bits per heavy atom. The van der Waals surface area contributed by atoms with Crippen LogP contribution in [0.25, 0.3) is 0 Å². The molecule has 1 amide bonds. The molecule has 0 aliphatic heterocycles. The summed E-state index contributed by atoms with van der Waals surface area (Å²) in [7, 11) is 0. The average Bonchev–Trinajstić information content (AvgIpc) is 2.83. The number of aliphatic carboxylic acids is 1. The number of hydrogen-bond acceptors (Lipinski definition) is 4. The molecule has 2 atom stereocenters. The van der Waals surface area contributed by atoms with Crippen LogP contribution in [0.5, 0.6) is 0 Å². The van der Waals surface area contributed by atoms with E-state index in [1.54, 1.807) is 20.8 Å². The van der Waals surface area contributed by atoms with Crippen molar-refractivity contribution in [3.63, 3.8) is 0 Å². The van der Waals surface area contributed by atoms with Gasteiger partial charge in [-0.25, -0.2) is 9.59 Å². The van der Waals surface area contributed by atoms with E-state index in [0.717, 1.165) is 17.9 Å². The molecule has 0 aliphatic rings. The maximum absolute atomic E-state index is 11.7. The first-order chi connectivity index (χ1) is 18.4. The van der Waals surface area contributed by atoms with Crippen LogP contribution in [0.4, 0.5) is 4.79 Å². The molecular weight excluding hydrogens is 512 g/mol. The van der Waals surface area contributed by atoms with Crippen molar-refractivity contribution in [2.24, 2.45) is 11.7 Å². The van der Waals surface area contributed by atoms with Crippen molar-refractivity contribution in [3.8, 4) is 0 Å². The van der Waals surface area contributed by atoms with E-state index in [9.17, 15) is 14.7 Å². The number of nitrogens with one attached hydrogen (secondary N) is 1. The van der Waals surface area contributed by atoms with Crippen LogP contribution in [-0.4, -0.2) is 34.9 Å². The summed E-state index contributed by atoms with van der Waals surface area (Å²) in [5, 5.41) is 11.7. The van der Waals surface area contributed by atoms with Gasteiger partial charge in [-0.2, -0.15) is 0 Å². The highest BCUT2D eigenvalue weighted by molar-refractivity contribution is 5.80. The van der Waals surface area contributed by atoms with E-state index in [2.05, 4.69) is 78.0 Å². The number of alkyl carbamates (subject to hydrolysis) is 1. The number of benzene rings is 2. The third kappa shape index (κ3) is 19.8. The molecule has 2 rings (SSSR count). The lowest BCUT2D eigenvalue weighted by molar-refractivity contribution is -0.139. The van der Waals surface area contributed by atoms with E-state index in [0.29, 0.717) is 11.8 Å². The number of carbonyl (C=O) groups excluding carboxylic acids is 1. The zero-order valence-electron chi connectivity index (χ0n) is 26.9. The molecule has 0 aromatic heterocycles. The smallest absolute Gasteiger partial charge is 0.408 e. The summed E-state index contributed by atoms with van der Waals surface area (Å²) in [6.45, 7) is 22.5. The van der Waals surface area contributed by atoms with E-state index in [1.807, 2.05) is 31.2 Å². The van der Waals surface area contributed by atoms with Gasteiger partial charge < -0.3 is 20.9 Å². The Kier molecular flexibility index (Phi) is 19.7. The molecule has 0 heterocycles. The Morgan fingerprint density at radius 3 is 1.44 bits per heavy atom. The molecule has 6 nitrogen and oxygen atoms in total. The van der Waals surface area contributed by atoms with Gasteiger partial charge in [-0.05, 0) is 74.1 Å². The predicted octanol–water partition coefficient (Wildman–Crippen LogP) is 8.72. The van der Waals surface area contributed by atoms with Gasteiger partial charge in [0.2, 0.25) is 0 Å². The number of hydrogen-bond donors (Lipinski definition) is 3. The Hall–Kier alpha value is -2.86. The largest absolute Gasteiger partial charge is 0.480 e. The van der Waals surface area contributed by atoms with Gasteiger partial charge >= 0.3 is 12.1 Å². The van der Waals surface area contributed by atoms with Crippen LogP contribution >= 0.6 is 0 Å². The van der Waals surface area contributed by atoms with Gasteiger partial charge in [-0.1, -0.05) is 111 Å². The van der Waals surface area contributed by atoms with Crippen molar-refractivity contribution in [2.45, 2.75) is 132 Å². The van der Waals surface area contributed by atoms with Crippen LogP contribution in [0, 0.1) is 5.92 Å². The minimum absolute atomic E-state index is 0. The van der Waals surface area contributed by atoms with E-state index in [-0.39, 0.29) is 19.9 Å². The van der Waals surface area contributed by atoms with Crippen molar-refractivity contribution in [1.29, 1.82) is 0 Å². The average molecular weight is 573 g/mol. The summed E-state index contributed by atoms with van der Waals surface area (Å²) < 4.78 is 5.09. The molecule has 0 saturated carbocycles. The maximum Gasteiger partial charge on any atom is 0.408 e. The van der Waals surface area contributed by atoms with Crippen LogP contribution in [0.3, 0.4) is 0 Å². The van der Waals surface area contributed by atoms with Gasteiger partial charge in [-0.15, -0.1) is 0 Å². The Balaban J connectivity index is 0. The lowest BCUT2D eigenvalue weighted by Crippen LogP contribution is -2.44. The van der Waals surface area contributed by atoms with Gasteiger partial charge in [0.25, 0.3) is 0 Å². The molecule has 2 unspecified atom stereocenters. The molecule has 0 spiro atoms. The SMILES string of the molecule is C.CC(C)c1ccc(CC(NC(=O)OC(C)(C)C)C(=O)O)cc1.CC(N)Cc1ccc(C(C)C)cc1.CCC(C)C. The molecule has 0 aliphatic carbocycles. The second-order valence-electron chi connectivity index (χ2n) is 12.5. The third-order valence-electron chi connectivity index (χ3n) is 6.10. The van der Waals surface area contributed by atoms with Gasteiger partial charge in [-0.3, -0.25) is 0 Å². The summed E-state index contributed by atoms with van der Waals surface area (Å²) >= 11 is 0. The highest BCUT2D eigenvalue weighted by atomic mass is 16.6. The van der Waals surface area contributed by atoms with Crippen LogP contribution in [0.2, 0.25) is 0 Å². The van der Waals surface area contributed by atoms with Gasteiger partial charge in [0.15, 0.2) is 0 Å². The molecule has 234 valence electrons. The first-order valence-electron chi connectivity index (χ1n) is 14.6. The molecule has 2 aromatic rings. The molecule has 0 radical (unpaired) electrons. The molecular formula is C35H60N2O4. The number of ether oxygens (including phenoxy) is 1. The van der Waals surface area contributed by atoms with E-state index >= 15 is 0 Å². The standard InChI is InChI=1S/C17H25NO4.C12H19N.C5H12.CH4/c1-11(2)13-8-6-12(7-9-13)10-14(15(19)20)18-16(21)22-17(3,4)5;1-9(2)12-6-4-11(5-7-12)8-10(3)13;1-4-5(2)3;/h6-9,11,14H,10H2,1-5H3,(H,18,21)(H,19,20);4-7,9-10H,8,13H2,1-3H3;5H,4H2,1-3H3;1H4. The highest BCUT2D eigenvalue weighted by Crippen LogP contribution is 2.16. The maximum atomic E-state index is 11.7. The van der Waals surface area contributed by atoms with Crippen LogP contribution in [0.15, 0.2) is 48.5 Å². The monoisotopic (exact) mass is 572 g/mol. The fourth-order valence-corrected chi connectivity index (χ4v) is 3.33. The fourth-order valence-electron chi connectivity index (χ4n) is 3.33. The summed E-state index contributed by atoms with van der Waals surface area (Å²) in [5.74, 6) is 0.836. The predicted molar refractivity (Wildman–Crippen MR) is 175 cm³/mol.